The van der Waals surface area contributed by atoms with Crippen LogP contribution in [0.5, 0.6) is 5.88 Å². The third-order valence-corrected chi connectivity index (χ3v) is 6.26. The minimum Gasteiger partial charge on any atom is -0.470 e. The molecule has 0 unspecified atom stereocenters. The van der Waals surface area contributed by atoms with Crippen LogP contribution in [0.25, 0.3) is 11.3 Å². The molecule has 2 aromatic heterocycles. The van der Waals surface area contributed by atoms with Crippen molar-refractivity contribution < 1.29 is 17.5 Å². The Labute approximate surface area is 195 Å². The molecule has 0 aliphatic carbocycles. The van der Waals surface area contributed by atoms with Crippen LogP contribution in [-0.4, -0.2) is 23.4 Å². The maximum Gasteiger partial charge on any atom is 0.263 e. The molecule has 4 aromatic rings. The predicted molar refractivity (Wildman–Crippen MR) is 123 cm³/mol. The van der Waals surface area contributed by atoms with Crippen LogP contribution >= 0.6 is 11.6 Å². The van der Waals surface area contributed by atoms with Gasteiger partial charge in [-0.25, -0.2) is 22.8 Å². The zero-order chi connectivity index (χ0) is 23.4. The lowest BCUT2D eigenvalue weighted by Gasteiger charge is -2.13. The van der Waals surface area contributed by atoms with Crippen LogP contribution < -0.4 is 9.46 Å². The Morgan fingerprint density at radius 1 is 1.09 bits per heavy atom. The first-order valence-electron chi connectivity index (χ1n) is 9.75. The van der Waals surface area contributed by atoms with Gasteiger partial charge in [0.25, 0.3) is 15.9 Å². The Balaban J connectivity index is 1.69. The molecule has 0 saturated carbocycles. The molecule has 0 atom stereocenters. The maximum atomic E-state index is 13.6. The van der Waals surface area contributed by atoms with Crippen molar-refractivity contribution in [2.45, 2.75) is 18.4 Å². The Morgan fingerprint density at radius 3 is 2.58 bits per heavy atom. The van der Waals surface area contributed by atoms with Gasteiger partial charge in [-0.3, -0.25) is 9.71 Å². The molecular formula is C23H18ClFN4O3S. The lowest BCUT2D eigenvalue weighted by molar-refractivity contribution is 0.294. The van der Waals surface area contributed by atoms with Crippen molar-refractivity contribution in [3.8, 4) is 17.1 Å². The number of halogens is 2. The molecule has 4 rings (SSSR count). The minimum absolute atomic E-state index is 0.0486. The highest BCUT2D eigenvalue weighted by Crippen LogP contribution is 2.29. The number of nitrogens with zero attached hydrogens (tertiary/aromatic N) is 3. The average molecular weight is 485 g/mol. The molecule has 0 spiro atoms. The van der Waals surface area contributed by atoms with E-state index in [1.807, 2.05) is 6.92 Å². The number of ether oxygens (including phenoxy) is 1. The number of hydrogen-bond acceptors (Lipinski definition) is 6. The quantitative estimate of drug-likeness (QED) is 0.396. The average Bonchev–Trinajstić information content (AvgIpc) is 2.81. The number of hydrogen-bond donors (Lipinski definition) is 1. The standard InChI is InChI=1S/C23H18ClFN4O3S/c1-15-4-7-18(8-5-15)33(30,31)29-22-23(32-14-16-3-2-10-26-12-16)28-21(13-27-22)17-6-9-20(25)19(24)11-17/h2-13H,14H2,1H3,(H,27,29). The molecule has 0 radical (unpaired) electrons. The van der Waals surface area contributed by atoms with Gasteiger partial charge in [0.2, 0.25) is 5.82 Å². The van der Waals surface area contributed by atoms with Crippen LogP contribution in [0.3, 0.4) is 0 Å². The molecule has 0 aliphatic rings. The van der Waals surface area contributed by atoms with Gasteiger partial charge in [0, 0.05) is 23.5 Å². The van der Waals surface area contributed by atoms with Gasteiger partial charge in [-0.05, 0) is 43.3 Å². The second-order valence-corrected chi connectivity index (χ2v) is 9.20. The summed E-state index contributed by atoms with van der Waals surface area (Å²) < 4.78 is 47.5. The second-order valence-electron chi connectivity index (χ2n) is 7.11. The second kappa shape index (κ2) is 9.51. The number of sulfonamides is 1. The molecule has 0 saturated heterocycles. The predicted octanol–water partition coefficient (Wildman–Crippen LogP) is 5.02. The number of pyridine rings is 1. The van der Waals surface area contributed by atoms with E-state index in [0.717, 1.165) is 11.1 Å². The largest absolute Gasteiger partial charge is 0.470 e. The minimum atomic E-state index is -3.94. The van der Waals surface area contributed by atoms with Crippen molar-refractivity contribution in [3.05, 3.63) is 95.2 Å². The van der Waals surface area contributed by atoms with Gasteiger partial charge < -0.3 is 4.74 Å². The summed E-state index contributed by atoms with van der Waals surface area (Å²) in [6, 6.07) is 14.1. The molecule has 33 heavy (non-hydrogen) atoms. The smallest absolute Gasteiger partial charge is 0.263 e. The summed E-state index contributed by atoms with van der Waals surface area (Å²) in [4.78, 5) is 12.7. The van der Waals surface area contributed by atoms with Gasteiger partial charge in [0.15, 0.2) is 0 Å². The summed E-state index contributed by atoms with van der Waals surface area (Å²) in [5.41, 5.74) is 2.50. The molecule has 1 N–H and O–H groups in total. The molecule has 0 fully saturated rings. The van der Waals surface area contributed by atoms with Gasteiger partial charge in [0.05, 0.1) is 21.8 Å². The van der Waals surface area contributed by atoms with Gasteiger partial charge >= 0.3 is 0 Å². The van der Waals surface area contributed by atoms with Gasteiger partial charge in [-0.2, -0.15) is 0 Å². The van der Waals surface area contributed by atoms with E-state index in [9.17, 15) is 12.8 Å². The molecule has 168 valence electrons. The monoisotopic (exact) mass is 484 g/mol. The van der Waals surface area contributed by atoms with E-state index < -0.39 is 15.8 Å². The third kappa shape index (κ3) is 5.44. The topological polar surface area (TPSA) is 94.1 Å². The molecule has 2 heterocycles. The lowest BCUT2D eigenvalue weighted by Crippen LogP contribution is -2.15. The van der Waals surface area contributed by atoms with Gasteiger partial charge in [-0.15, -0.1) is 0 Å². The molecule has 2 aromatic carbocycles. The number of aromatic nitrogens is 3. The van der Waals surface area contributed by atoms with Crippen molar-refractivity contribution in [1.82, 2.24) is 15.0 Å². The highest BCUT2D eigenvalue weighted by molar-refractivity contribution is 7.92. The number of rotatable bonds is 7. The van der Waals surface area contributed by atoms with E-state index in [1.54, 1.807) is 36.7 Å². The zero-order valence-electron chi connectivity index (χ0n) is 17.4. The van der Waals surface area contributed by atoms with E-state index in [0.29, 0.717) is 11.3 Å². The molecule has 7 nitrogen and oxygen atoms in total. The first-order valence-corrected chi connectivity index (χ1v) is 11.6. The molecule has 0 aliphatic heterocycles. The van der Waals surface area contributed by atoms with Crippen LogP contribution in [0.2, 0.25) is 5.02 Å². The Morgan fingerprint density at radius 2 is 1.88 bits per heavy atom. The zero-order valence-corrected chi connectivity index (χ0v) is 18.9. The van der Waals surface area contributed by atoms with Crippen molar-refractivity contribution in [2.75, 3.05) is 4.72 Å². The molecule has 0 amide bonds. The summed E-state index contributed by atoms with van der Waals surface area (Å²) in [6.07, 6.45) is 4.60. The Bertz CT molecular complexity index is 1380. The van der Waals surface area contributed by atoms with Crippen LogP contribution in [0.1, 0.15) is 11.1 Å². The fourth-order valence-corrected chi connectivity index (χ4v) is 4.06. The van der Waals surface area contributed by atoms with E-state index in [1.165, 1.54) is 36.5 Å². The van der Waals surface area contributed by atoms with Crippen LogP contribution in [0.15, 0.2) is 78.1 Å². The fourth-order valence-electron chi connectivity index (χ4n) is 2.88. The Kier molecular flexibility index (Phi) is 6.52. The van der Waals surface area contributed by atoms with E-state index in [4.69, 9.17) is 16.3 Å². The van der Waals surface area contributed by atoms with Crippen LogP contribution in [0.4, 0.5) is 10.2 Å². The normalized spacial score (nSPS) is 11.2. The number of benzene rings is 2. The van der Waals surface area contributed by atoms with Crippen molar-refractivity contribution in [3.63, 3.8) is 0 Å². The van der Waals surface area contributed by atoms with E-state index >= 15 is 0 Å². The summed E-state index contributed by atoms with van der Waals surface area (Å²) >= 11 is 5.89. The van der Waals surface area contributed by atoms with Crippen molar-refractivity contribution in [1.29, 1.82) is 0 Å². The highest BCUT2D eigenvalue weighted by Gasteiger charge is 2.20. The highest BCUT2D eigenvalue weighted by atomic mass is 35.5. The molecule has 0 bridgehead atoms. The van der Waals surface area contributed by atoms with Crippen LogP contribution in [-0.2, 0) is 16.6 Å². The summed E-state index contributed by atoms with van der Waals surface area (Å²) in [6.45, 7) is 1.94. The molecular weight excluding hydrogens is 467 g/mol. The summed E-state index contributed by atoms with van der Waals surface area (Å²) in [5, 5.41) is -0.0729. The first kappa shape index (κ1) is 22.6. The third-order valence-electron chi connectivity index (χ3n) is 4.62. The van der Waals surface area contributed by atoms with E-state index in [2.05, 4.69) is 19.7 Å². The van der Waals surface area contributed by atoms with Gasteiger partial charge in [-0.1, -0.05) is 35.4 Å². The van der Waals surface area contributed by atoms with E-state index in [-0.39, 0.29) is 28.2 Å². The summed E-state index contributed by atoms with van der Waals surface area (Å²) in [5.74, 6) is -0.701. The number of aryl methyl sites for hydroxylation is 1. The summed E-state index contributed by atoms with van der Waals surface area (Å²) in [7, 11) is -3.94. The maximum absolute atomic E-state index is 13.6. The lowest BCUT2D eigenvalue weighted by atomic mass is 10.1. The van der Waals surface area contributed by atoms with Gasteiger partial charge in [0.1, 0.15) is 12.4 Å². The van der Waals surface area contributed by atoms with Crippen LogP contribution in [0, 0.1) is 12.7 Å². The SMILES string of the molecule is Cc1ccc(S(=O)(=O)Nc2ncc(-c3ccc(F)c(Cl)c3)nc2OCc2cccnc2)cc1. The van der Waals surface area contributed by atoms with Crippen molar-refractivity contribution in [2.24, 2.45) is 0 Å². The Hall–Kier alpha value is -3.56. The number of anilines is 1. The fraction of sp³-hybridized carbons (Fsp3) is 0.0870. The number of nitrogens with one attached hydrogen (secondary N) is 1. The molecule has 10 heteroatoms. The first-order chi connectivity index (χ1) is 15.8. The van der Waals surface area contributed by atoms with Crippen molar-refractivity contribution >= 4 is 27.4 Å².